The average Bonchev–Trinajstić information content (AvgIpc) is 3.02. The molecular weight excluding hydrogens is 677 g/mol. The molecule has 0 unspecified atom stereocenters. The van der Waals surface area contributed by atoms with Crippen molar-refractivity contribution in [3.63, 3.8) is 0 Å². The molecule has 0 aliphatic rings. The third kappa shape index (κ3) is 12.4. The molecule has 0 fully saturated rings. The SMILES string of the molecule is Cc1ccc(NC(=O)Nc2ccc(C)c(NC(=O)Oc3ccc(C(C)(C)CC(C)(C)C)cc3)c2)cc1NC(=O)Oc1ccc(C(C)(C)CC(C)(C)C)cc1. The molecule has 4 N–H and O–H groups in total. The van der Waals surface area contributed by atoms with Crippen molar-refractivity contribution < 1.29 is 23.9 Å². The zero-order valence-electron chi connectivity index (χ0n) is 34.0. The Hall–Kier alpha value is -5.31. The van der Waals surface area contributed by atoms with Gasteiger partial charge in [-0.1, -0.05) is 106 Å². The Bertz CT molecular complexity index is 1810. The number of hydrogen-bond donors (Lipinski definition) is 4. The Labute approximate surface area is 321 Å². The maximum absolute atomic E-state index is 13.0. The second kappa shape index (κ2) is 16.4. The van der Waals surface area contributed by atoms with Crippen LogP contribution in [0.3, 0.4) is 0 Å². The number of hydrogen-bond acceptors (Lipinski definition) is 5. The number of benzene rings is 4. The predicted octanol–water partition coefficient (Wildman–Crippen LogP) is 12.6. The highest BCUT2D eigenvalue weighted by Gasteiger charge is 2.28. The molecule has 0 saturated heterocycles. The van der Waals surface area contributed by atoms with Crippen molar-refractivity contribution in [1.29, 1.82) is 0 Å². The second-order valence-electron chi connectivity index (χ2n) is 18.0. The van der Waals surface area contributed by atoms with E-state index < -0.39 is 18.2 Å². The maximum Gasteiger partial charge on any atom is 0.417 e. The third-order valence-corrected chi connectivity index (χ3v) is 9.10. The minimum Gasteiger partial charge on any atom is -0.410 e. The average molecular weight is 735 g/mol. The number of rotatable bonds is 10. The van der Waals surface area contributed by atoms with Gasteiger partial charge >= 0.3 is 18.2 Å². The maximum atomic E-state index is 13.0. The molecule has 288 valence electrons. The van der Waals surface area contributed by atoms with Gasteiger partial charge in [0.2, 0.25) is 0 Å². The molecule has 0 atom stereocenters. The van der Waals surface area contributed by atoms with Crippen LogP contribution in [-0.2, 0) is 10.8 Å². The van der Waals surface area contributed by atoms with Gasteiger partial charge in [-0.05, 0) is 119 Å². The first-order valence-electron chi connectivity index (χ1n) is 18.5. The van der Waals surface area contributed by atoms with Gasteiger partial charge in [-0.25, -0.2) is 14.4 Å². The molecule has 0 aromatic heterocycles. The van der Waals surface area contributed by atoms with Gasteiger partial charge in [0, 0.05) is 22.7 Å². The number of nitrogens with one attached hydrogen (secondary N) is 4. The summed E-state index contributed by atoms with van der Waals surface area (Å²) in [4.78, 5) is 38.7. The number of amides is 4. The zero-order valence-corrected chi connectivity index (χ0v) is 34.0. The van der Waals surface area contributed by atoms with Gasteiger partial charge in [0.1, 0.15) is 11.5 Å². The van der Waals surface area contributed by atoms with Crippen LogP contribution in [0.2, 0.25) is 0 Å². The molecule has 0 saturated carbocycles. The highest BCUT2D eigenvalue weighted by Crippen LogP contribution is 2.38. The molecule has 0 heterocycles. The van der Waals surface area contributed by atoms with E-state index in [0.29, 0.717) is 34.2 Å². The zero-order chi connectivity index (χ0) is 40.1. The van der Waals surface area contributed by atoms with Crippen LogP contribution in [0.5, 0.6) is 11.5 Å². The number of carbonyl (C=O) groups excluding carboxylic acids is 3. The van der Waals surface area contributed by atoms with Crippen molar-refractivity contribution in [3.05, 3.63) is 107 Å². The molecule has 4 aromatic rings. The molecule has 54 heavy (non-hydrogen) atoms. The Morgan fingerprint density at radius 1 is 0.481 bits per heavy atom. The summed E-state index contributed by atoms with van der Waals surface area (Å²) in [6.07, 6.45) is 0.735. The Morgan fingerprint density at radius 2 is 0.815 bits per heavy atom. The lowest BCUT2D eigenvalue weighted by atomic mass is 9.72. The lowest BCUT2D eigenvalue weighted by Gasteiger charge is -2.33. The molecule has 4 rings (SSSR count). The molecule has 0 aliphatic heterocycles. The molecular formula is C45H58N4O5. The van der Waals surface area contributed by atoms with E-state index in [4.69, 9.17) is 9.47 Å². The van der Waals surface area contributed by atoms with E-state index in [9.17, 15) is 14.4 Å². The van der Waals surface area contributed by atoms with Crippen LogP contribution >= 0.6 is 0 Å². The van der Waals surface area contributed by atoms with Gasteiger partial charge in [-0.2, -0.15) is 0 Å². The minimum absolute atomic E-state index is 0.0277. The van der Waals surface area contributed by atoms with Crippen molar-refractivity contribution in [1.82, 2.24) is 0 Å². The van der Waals surface area contributed by atoms with E-state index in [1.54, 1.807) is 60.7 Å². The second-order valence-corrected chi connectivity index (χ2v) is 18.0. The predicted molar refractivity (Wildman–Crippen MR) is 221 cm³/mol. The van der Waals surface area contributed by atoms with E-state index in [1.807, 2.05) is 38.1 Å². The van der Waals surface area contributed by atoms with Crippen LogP contribution in [0, 0.1) is 24.7 Å². The molecule has 9 nitrogen and oxygen atoms in total. The van der Waals surface area contributed by atoms with E-state index in [-0.39, 0.29) is 21.7 Å². The van der Waals surface area contributed by atoms with Gasteiger partial charge in [-0.3, -0.25) is 10.6 Å². The Morgan fingerprint density at radius 3 is 1.13 bits per heavy atom. The largest absolute Gasteiger partial charge is 0.417 e. The summed E-state index contributed by atoms with van der Waals surface area (Å²) in [7, 11) is 0. The Kier molecular flexibility index (Phi) is 12.6. The molecule has 0 spiro atoms. The first-order valence-corrected chi connectivity index (χ1v) is 18.5. The minimum atomic E-state index is -0.642. The van der Waals surface area contributed by atoms with Crippen molar-refractivity contribution in [2.45, 2.75) is 107 Å². The molecule has 4 amide bonds. The standard InChI is InChI=1S/C45H58N4O5/c1-29-13-19-33(25-37(29)48-40(51)53-35-21-15-31(16-22-35)44(9,10)27-42(3,4)5)46-39(50)47-34-20-14-30(2)38(26-34)49-41(52)54-36-23-17-32(18-24-36)45(11,12)28-43(6,7)8/h13-26H,27-28H2,1-12H3,(H,48,51)(H,49,52)(H2,46,47,50). The lowest BCUT2D eigenvalue weighted by Crippen LogP contribution is -2.24. The first-order chi connectivity index (χ1) is 25.0. The number of anilines is 4. The summed E-state index contributed by atoms with van der Waals surface area (Å²) >= 11 is 0. The fourth-order valence-electron chi connectivity index (χ4n) is 7.25. The fourth-order valence-corrected chi connectivity index (χ4v) is 7.25. The third-order valence-electron chi connectivity index (χ3n) is 9.10. The van der Waals surface area contributed by atoms with Gasteiger partial charge in [0.15, 0.2) is 0 Å². The summed E-state index contributed by atoms with van der Waals surface area (Å²) in [5, 5.41) is 11.2. The van der Waals surface area contributed by atoms with Crippen molar-refractivity contribution in [2.24, 2.45) is 10.8 Å². The molecule has 4 aromatic carbocycles. The fraction of sp³-hybridized carbons (Fsp3) is 0.400. The monoisotopic (exact) mass is 734 g/mol. The topological polar surface area (TPSA) is 118 Å². The molecule has 9 heteroatoms. The Balaban J connectivity index is 1.32. The molecule has 0 aliphatic carbocycles. The van der Waals surface area contributed by atoms with Crippen molar-refractivity contribution in [3.8, 4) is 11.5 Å². The van der Waals surface area contributed by atoms with Crippen molar-refractivity contribution in [2.75, 3.05) is 21.3 Å². The van der Waals surface area contributed by atoms with E-state index in [1.165, 1.54) is 11.1 Å². The van der Waals surface area contributed by atoms with Gasteiger partial charge in [-0.15, -0.1) is 0 Å². The number of aryl methyl sites for hydroxylation is 2. The first kappa shape index (κ1) is 41.4. The van der Waals surface area contributed by atoms with Gasteiger partial charge < -0.3 is 20.1 Å². The van der Waals surface area contributed by atoms with Crippen LogP contribution in [0.1, 0.15) is 104 Å². The smallest absolute Gasteiger partial charge is 0.410 e. The summed E-state index contributed by atoms with van der Waals surface area (Å²) in [6.45, 7) is 25.9. The van der Waals surface area contributed by atoms with Gasteiger partial charge in [0.05, 0.1) is 0 Å². The van der Waals surface area contributed by atoms with Crippen LogP contribution in [0.15, 0.2) is 84.9 Å². The highest BCUT2D eigenvalue weighted by atomic mass is 16.6. The van der Waals surface area contributed by atoms with E-state index in [0.717, 1.165) is 24.0 Å². The lowest BCUT2D eigenvalue weighted by molar-refractivity contribution is 0.214. The van der Waals surface area contributed by atoms with Crippen LogP contribution in [-0.4, -0.2) is 18.2 Å². The van der Waals surface area contributed by atoms with Crippen LogP contribution < -0.4 is 30.7 Å². The van der Waals surface area contributed by atoms with Crippen LogP contribution in [0.4, 0.5) is 37.1 Å². The summed E-state index contributed by atoms with van der Waals surface area (Å²) in [5.74, 6) is 0.860. The quantitative estimate of drug-likeness (QED) is 0.129. The van der Waals surface area contributed by atoms with Crippen LogP contribution in [0.25, 0.3) is 0 Å². The van der Waals surface area contributed by atoms with Gasteiger partial charge in [0.25, 0.3) is 0 Å². The summed E-state index contributed by atoms with van der Waals surface area (Å²) < 4.78 is 11.1. The molecule has 0 radical (unpaired) electrons. The molecule has 0 bridgehead atoms. The van der Waals surface area contributed by atoms with E-state index in [2.05, 4.69) is 90.5 Å². The highest BCUT2D eigenvalue weighted by molar-refractivity contribution is 6.01. The number of ether oxygens (including phenoxy) is 2. The number of urea groups is 1. The van der Waals surface area contributed by atoms with Crippen molar-refractivity contribution >= 4 is 41.0 Å². The summed E-state index contributed by atoms with van der Waals surface area (Å²) in [5.41, 5.74) is 6.13. The number of carbonyl (C=O) groups is 3. The summed E-state index contributed by atoms with van der Waals surface area (Å²) in [6, 6.07) is 25.1. The normalized spacial score (nSPS) is 12.1. The van der Waals surface area contributed by atoms with E-state index >= 15 is 0 Å².